The summed E-state index contributed by atoms with van der Waals surface area (Å²) in [6, 6.07) is 14.3. The number of fused-ring (bicyclic) bond motifs is 3. The Morgan fingerprint density at radius 3 is 2.70 bits per heavy atom. The van der Waals surface area contributed by atoms with E-state index >= 15 is 0 Å². The predicted molar refractivity (Wildman–Crippen MR) is 116 cm³/mol. The number of furan rings is 1. The van der Waals surface area contributed by atoms with Gasteiger partial charge in [0.05, 0.1) is 16.0 Å². The number of hydrogen-bond donors (Lipinski definition) is 0. The summed E-state index contributed by atoms with van der Waals surface area (Å²) < 4.78 is 8.08. The fourth-order valence-electron chi connectivity index (χ4n) is 3.59. The minimum absolute atomic E-state index is 0.0831. The van der Waals surface area contributed by atoms with Crippen molar-refractivity contribution in [3.63, 3.8) is 0 Å². The Labute approximate surface area is 173 Å². The SMILES string of the molecule is Cc1c(-c2ccc(/C=c3/sc4nc5ccccc5n4c3=O)o2)ccc([N+](=O)[O-])c1C. The lowest BCUT2D eigenvalue weighted by Gasteiger charge is -2.06. The van der Waals surface area contributed by atoms with Crippen molar-refractivity contribution in [2.45, 2.75) is 13.8 Å². The molecule has 0 saturated carbocycles. The van der Waals surface area contributed by atoms with Gasteiger partial charge in [-0.1, -0.05) is 23.5 Å². The van der Waals surface area contributed by atoms with E-state index in [1.807, 2.05) is 31.2 Å². The second-order valence-corrected chi connectivity index (χ2v) is 7.98. The standard InChI is InChI=1S/C22H15N3O4S/c1-12-13(2)17(25(27)28)9-8-15(12)19-10-7-14(29-19)11-20-21(26)24-18-6-4-3-5-16(18)23-22(24)30-20/h3-11H,1-2H3/b20-11+. The number of rotatable bonds is 3. The van der Waals surface area contributed by atoms with Crippen LogP contribution >= 0.6 is 11.3 Å². The summed E-state index contributed by atoms with van der Waals surface area (Å²) in [7, 11) is 0. The van der Waals surface area contributed by atoms with E-state index in [2.05, 4.69) is 4.98 Å². The van der Waals surface area contributed by atoms with Crippen LogP contribution in [0.15, 0.2) is 57.7 Å². The van der Waals surface area contributed by atoms with E-state index in [1.165, 1.54) is 17.4 Å². The van der Waals surface area contributed by atoms with E-state index in [-0.39, 0.29) is 16.2 Å². The van der Waals surface area contributed by atoms with Crippen molar-refractivity contribution >= 4 is 39.1 Å². The summed E-state index contributed by atoms with van der Waals surface area (Å²) in [4.78, 5) is 28.8. The Kier molecular flexibility index (Phi) is 4.04. The van der Waals surface area contributed by atoms with Crippen LogP contribution < -0.4 is 10.1 Å². The van der Waals surface area contributed by atoms with Gasteiger partial charge in [-0.05, 0) is 49.7 Å². The van der Waals surface area contributed by atoms with Crippen molar-refractivity contribution < 1.29 is 9.34 Å². The Morgan fingerprint density at radius 1 is 1.10 bits per heavy atom. The molecule has 0 fully saturated rings. The zero-order chi connectivity index (χ0) is 21.0. The normalized spacial score (nSPS) is 12.3. The maximum Gasteiger partial charge on any atom is 0.275 e. The molecule has 0 bridgehead atoms. The second-order valence-electron chi connectivity index (χ2n) is 6.98. The number of para-hydroxylation sites is 2. The third kappa shape index (κ3) is 2.73. The largest absolute Gasteiger partial charge is 0.457 e. The maximum absolute atomic E-state index is 12.9. The molecule has 30 heavy (non-hydrogen) atoms. The van der Waals surface area contributed by atoms with Crippen molar-refractivity contribution in [2.75, 3.05) is 0 Å². The first-order chi connectivity index (χ1) is 14.4. The molecule has 148 valence electrons. The minimum Gasteiger partial charge on any atom is -0.457 e. The van der Waals surface area contributed by atoms with Crippen LogP contribution in [0.25, 0.3) is 33.4 Å². The smallest absolute Gasteiger partial charge is 0.275 e. The number of aromatic nitrogens is 2. The van der Waals surface area contributed by atoms with Crippen LogP contribution in [0.4, 0.5) is 5.69 Å². The number of nitro groups is 1. The lowest BCUT2D eigenvalue weighted by atomic mass is 10.00. The Bertz CT molecular complexity index is 1580. The van der Waals surface area contributed by atoms with Crippen molar-refractivity contribution in [1.82, 2.24) is 9.38 Å². The highest BCUT2D eigenvalue weighted by Gasteiger charge is 2.17. The van der Waals surface area contributed by atoms with Gasteiger partial charge < -0.3 is 4.42 Å². The van der Waals surface area contributed by atoms with Crippen LogP contribution in [-0.2, 0) is 0 Å². The van der Waals surface area contributed by atoms with Crippen LogP contribution in [0.1, 0.15) is 16.9 Å². The van der Waals surface area contributed by atoms with Gasteiger partial charge in [0, 0.05) is 23.3 Å². The molecule has 0 N–H and O–H groups in total. The van der Waals surface area contributed by atoms with Crippen molar-refractivity contribution in [2.24, 2.45) is 0 Å². The lowest BCUT2D eigenvalue weighted by Crippen LogP contribution is -2.22. The van der Waals surface area contributed by atoms with E-state index in [4.69, 9.17) is 4.42 Å². The van der Waals surface area contributed by atoms with Crippen molar-refractivity contribution in [3.8, 4) is 11.3 Å². The molecule has 2 aromatic carbocycles. The van der Waals surface area contributed by atoms with Gasteiger partial charge in [-0.15, -0.1) is 0 Å². The molecule has 0 spiro atoms. The number of thiazole rings is 1. The molecule has 5 aromatic rings. The van der Waals surface area contributed by atoms with Gasteiger partial charge in [0.25, 0.3) is 11.2 Å². The summed E-state index contributed by atoms with van der Waals surface area (Å²) in [6.45, 7) is 3.56. The Morgan fingerprint density at radius 2 is 1.90 bits per heavy atom. The first-order valence-corrected chi connectivity index (χ1v) is 10.0. The molecule has 0 atom stereocenters. The summed E-state index contributed by atoms with van der Waals surface area (Å²) in [5.74, 6) is 1.13. The maximum atomic E-state index is 12.9. The number of nitro benzene ring substituents is 1. The highest BCUT2D eigenvalue weighted by Crippen LogP contribution is 2.32. The molecule has 0 aliphatic heterocycles. The zero-order valence-electron chi connectivity index (χ0n) is 16.1. The van der Waals surface area contributed by atoms with Crippen LogP contribution in [0.5, 0.6) is 0 Å². The van der Waals surface area contributed by atoms with E-state index in [1.54, 1.807) is 35.6 Å². The molecule has 0 unspecified atom stereocenters. The molecule has 3 heterocycles. The number of hydrogen-bond acceptors (Lipinski definition) is 6. The van der Waals surface area contributed by atoms with Gasteiger partial charge in [0.15, 0.2) is 4.96 Å². The second kappa shape index (κ2) is 6.64. The van der Waals surface area contributed by atoms with Crippen LogP contribution in [-0.4, -0.2) is 14.3 Å². The molecule has 3 aromatic heterocycles. The van der Waals surface area contributed by atoms with Gasteiger partial charge in [0.1, 0.15) is 16.1 Å². The van der Waals surface area contributed by atoms with E-state index in [9.17, 15) is 14.9 Å². The van der Waals surface area contributed by atoms with Gasteiger partial charge >= 0.3 is 0 Å². The van der Waals surface area contributed by atoms with Gasteiger partial charge in [-0.2, -0.15) is 0 Å². The molecule has 0 saturated heterocycles. The monoisotopic (exact) mass is 417 g/mol. The van der Waals surface area contributed by atoms with E-state index in [0.717, 1.165) is 22.2 Å². The van der Waals surface area contributed by atoms with Crippen molar-refractivity contribution in [1.29, 1.82) is 0 Å². The number of nitrogens with zero attached hydrogens (tertiary/aromatic N) is 3. The van der Waals surface area contributed by atoms with Gasteiger partial charge in [-0.3, -0.25) is 14.9 Å². The van der Waals surface area contributed by atoms with Crippen molar-refractivity contribution in [3.05, 3.63) is 90.4 Å². The molecule has 0 aliphatic rings. The molecule has 5 rings (SSSR count). The van der Waals surface area contributed by atoms with Gasteiger partial charge in [-0.25, -0.2) is 9.38 Å². The number of imidazole rings is 1. The quantitative estimate of drug-likeness (QED) is 0.323. The Hall–Kier alpha value is -3.78. The predicted octanol–water partition coefficient (Wildman–Crippen LogP) is 4.24. The number of benzene rings is 2. The van der Waals surface area contributed by atoms with Crippen LogP contribution in [0.2, 0.25) is 0 Å². The van der Waals surface area contributed by atoms with E-state index < -0.39 is 0 Å². The summed E-state index contributed by atoms with van der Waals surface area (Å²) >= 11 is 1.31. The highest BCUT2D eigenvalue weighted by atomic mass is 32.1. The summed E-state index contributed by atoms with van der Waals surface area (Å²) in [5.41, 5.74) is 3.70. The molecular formula is C22H15N3O4S. The average Bonchev–Trinajstić information content (AvgIpc) is 3.40. The van der Waals surface area contributed by atoms with Crippen LogP contribution in [0, 0.1) is 24.0 Å². The first-order valence-electron chi connectivity index (χ1n) is 9.20. The molecule has 7 nitrogen and oxygen atoms in total. The minimum atomic E-state index is -0.389. The molecule has 0 aliphatic carbocycles. The molecule has 0 amide bonds. The molecule has 8 heteroatoms. The van der Waals surface area contributed by atoms with E-state index in [0.29, 0.717) is 26.6 Å². The zero-order valence-corrected chi connectivity index (χ0v) is 16.9. The van der Waals surface area contributed by atoms with Gasteiger partial charge in [0.2, 0.25) is 0 Å². The fourth-order valence-corrected chi connectivity index (χ4v) is 4.55. The third-order valence-corrected chi connectivity index (χ3v) is 6.23. The summed E-state index contributed by atoms with van der Waals surface area (Å²) in [6.07, 6.45) is 1.70. The molecule has 0 radical (unpaired) electrons. The lowest BCUT2D eigenvalue weighted by molar-refractivity contribution is -0.385. The fraction of sp³-hybridized carbons (Fsp3) is 0.0909. The average molecular weight is 417 g/mol. The topological polar surface area (TPSA) is 90.7 Å². The third-order valence-electron chi connectivity index (χ3n) is 5.27. The first kappa shape index (κ1) is 18.3. The highest BCUT2D eigenvalue weighted by molar-refractivity contribution is 7.15. The van der Waals surface area contributed by atoms with Crippen LogP contribution in [0.3, 0.4) is 0 Å². The summed E-state index contributed by atoms with van der Waals surface area (Å²) in [5, 5.41) is 11.1. The molecular weight excluding hydrogens is 402 g/mol. The Balaban J connectivity index is 1.59.